The van der Waals surface area contributed by atoms with Crippen LogP contribution in [0.4, 0.5) is 9.59 Å². The number of amides is 6. The van der Waals surface area contributed by atoms with Crippen molar-refractivity contribution >= 4 is 23.9 Å². The molecule has 3 fully saturated rings. The first kappa shape index (κ1) is 23.1. The summed E-state index contributed by atoms with van der Waals surface area (Å²) in [6, 6.07) is 17.5. The number of nitrogens with zero attached hydrogens (tertiary/aromatic N) is 6. The van der Waals surface area contributed by atoms with E-state index in [0.29, 0.717) is 5.56 Å². The van der Waals surface area contributed by atoms with Crippen LogP contribution in [0.3, 0.4) is 0 Å². The third-order valence-electron chi connectivity index (χ3n) is 7.03. The number of carbonyl (C=O) groups is 4. The lowest BCUT2D eigenvalue weighted by Crippen LogP contribution is -2.63. The van der Waals surface area contributed by atoms with Crippen molar-refractivity contribution < 1.29 is 19.2 Å². The van der Waals surface area contributed by atoms with Crippen LogP contribution in [-0.2, 0) is 22.7 Å². The number of imide groups is 2. The van der Waals surface area contributed by atoms with Crippen molar-refractivity contribution in [3.63, 3.8) is 0 Å². The monoisotopic (exact) mass is 482 g/mol. The van der Waals surface area contributed by atoms with Crippen molar-refractivity contribution in [1.82, 2.24) is 19.6 Å². The average molecular weight is 483 g/mol. The smallest absolute Gasteiger partial charge is 0.304 e. The molecule has 4 unspecified atom stereocenters. The number of nitriles is 2. The number of carbonyl (C=O) groups excluding carboxylic acids is 4. The fourth-order valence-corrected chi connectivity index (χ4v) is 5.44. The molecule has 10 nitrogen and oxygen atoms in total. The van der Waals surface area contributed by atoms with Gasteiger partial charge in [-0.2, -0.15) is 10.5 Å². The quantitative estimate of drug-likeness (QED) is 0.600. The molecular formula is C26H22N6O4. The number of urea groups is 2. The van der Waals surface area contributed by atoms with Crippen LogP contribution in [0.5, 0.6) is 0 Å². The molecule has 6 amide bonds. The first-order valence-electron chi connectivity index (χ1n) is 11.5. The number of benzene rings is 2. The van der Waals surface area contributed by atoms with E-state index in [1.54, 1.807) is 48.5 Å². The molecule has 36 heavy (non-hydrogen) atoms. The second kappa shape index (κ2) is 9.16. The summed E-state index contributed by atoms with van der Waals surface area (Å²) in [6.45, 7) is -0.340. The van der Waals surface area contributed by atoms with Gasteiger partial charge in [0.05, 0.1) is 43.2 Å². The maximum atomic E-state index is 13.7. The van der Waals surface area contributed by atoms with Crippen molar-refractivity contribution in [2.24, 2.45) is 5.92 Å². The second-order valence-electron chi connectivity index (χ2n) is 9.00. The Morgan fingerprint density at radius 3 is 1.94 bits per heavy atom. The van der Waals surface area contributed by atoms with Gasteiger partial charge in [-0.3, -0.25) is 19.4 Å². The topological polar surface area (TPSA) is 129 Å². The zero-order valence-electron chi connectivity index (χ0n) is 19.2. The van der Waals surface area contributed by atoms with E-state index in [-0.39, 0.29) is 26.1 Å². The summed E-state index contributed by atoms with van der Waals surface area (Å²) in [5, 5.41) is 19.5. The van der Waals surface area contributed by atoms with Crippen LogP contribution in [0.2, 0.25) is 0 Å². The summed E-state index contributed by atoms with van der Waals surface area (Å²) >= 11 is 0. The first-order chi connectivity index (χ1) is 17.5. The van der Waals surface area contributed by atoms with E-state index in [9.17, 15) is 29.7 Å². The normalized spacial score (nSPS) is 25.4. The molecule has 0 aliphatic carbocycles. The molecule has 0 radical (unpaired) electrons. The molecule has 4 atom stereocenters. The molecular weight excluding hydrogens is 460 g/mol. The summed E-state index contributed by atoms with van der Waals surface area (Å²) in [5.74, 6) is -1.99. The van der Waals surface area contributed by atoms with Gasteiger partial charge in [0.25, 0.3) is 0 Å². The maximum absolute atomic E-state index is 13.7. The Bertz CT molecular complexity index is 1300. The largest absolute Gasteiger partial charge is 0.328 e. The van der Waals surface area contributed by atoms with Crippen LogP contribution >= 0.6 is 0 Å². The number of fused-ring (bicyclic) bond motifs is 3. The van der Waals surface area contributed by atoms with E-state index in [4.69, 9.17) is 0 Å². The van der Waals surface area contributed by atoms with Crippen molar-refractivity contribution in [2.45, 2.75) is 37.6 Å². The first-order valence-corrected chi connectivity index (χ1v) is 11.5. The Morgan fingerprint density at radius 2 is 1.39 bits per heavy atom. The standard InChI is InChI=1S/C26H22N6O4/c27-11-12-29-23-20(14-28)32-19(13-21(33)30(26(32)36)15-17-7-3-1-4-8-17)22(23)24(34)31(25(29)35)16-18-9-5-2-6-10-18/h1-10,19-20,22-23H,12-13,15-16H2. The lowest BCUT2D eigenvalue weighted by Gasteiger charge is -2.42. The van der Waals surface area contributed by atoms with Gasteiger partial charge in [0.15, 0.2) is 0 Å². The Balaban J connectivity index is 1.51. The zero-order valence-corrected chi connectivity index (χ0v) is 19.2. The molecule has 3 aliphatic rings. The average Bonchev–Trinajstić information content (AvgIpc) is 3.22. The third-order valence-corrected chi connectivity index (χ3v) is 7.03. The molecule has 3 aliphatic heterocycles. The van der Waals surface area contributed by atoms with E-state index in [2.05, 4.69) is 6.07 Å². The van der Waals surface area contributed by atoms with Gasteiger partial charge in [-0.05, 0) is 11.1 Å². The summed E-state index contributed by atoms with van der Waals surface area (Å²) in [5.41, 5.74) is 1.46. The van der Waals surface area contributed by atoms with Crippen LogP contribution < -0.4 is 0 Å². The Kier molecular flexibility index (Phi) is 5.87. The molecule has 0 saturated carbocycles. The molecule has 180 valence electrons. The SMILES string of the molecule is N#CCN1C(=O)N(Cc2ccccc2)C(=O)C2C1C(C#N)N1C(=O)N(Cc3ccccc3)C(=O)CC21. The van der Waals surface area contributed by atoms with Crippen molar-refractivity contribution in [2.75, 3.05) is 6.54 Å². The highest BCUT2D eigenvalue weighted by molar-refractivity contribution is 6.03. The van der Waals surface area contributed by atoms with Gasteiger partial charge in [0, 0.05) is 6.42 Å². The summed E-state index contributed by atoms with van der Waals surface area (Å²) in [4.78, 5) is 58.3. The molecule has 0 N–H and O–H groups in total. The molecule has 5 rings (SSSR count). The predicted octanol–water partition coefficient (Wildman–Crippen LogP) is 2.09. The molecule has 0 bridgehead atoms. The van der Waals surface area contributed by atoms with E-state index in [1.165, 1.54) is 9.80 Å². The Hall–Kier alpha value is -4.70. The van der Waals surface area contributed by atoms with Crippen molar-refractivity contribution in [3.8, 4) is 12.1 Å². The minimum Gasteiger partial charge on any atom is -0.304 e. The summed E-state index contributed by atoms with van der Waals surface area (Å²) in [7, 11) is 0. The lowest BCUT2D eigenvalue weighted by atomic mass is 9.87. The molecule has 2 aromatic carbocycles. The van der Waals surface area contributed by atoms with E-state index >= 15 is 0 Å². The van der Waals surface area contributed by atoms with Crippen molar-refractivity contribution in [3.05, 3.63) is 71.8 Å². The Morgan fingerprint density at radius 1 is 0.806 bits per heavy atom. The second-order valence-corrected chi connectivity index (χ2v) is 9.00. The highest BCUT2D eigenvalue weighted by atomic mass is 16.2. The van der Waals surface area contributed by atoms with E-state index in [1.807, 2.05) is 18.2 Å². The molecule has 0 spiro atoms. The zero-order chi connectivity index (χ0) is 25.4. The Labute approximate surface area is 207 Å². The fraction of sp³-hybridized carbons (Fsp3) is 0.308. The third kappa shape index (κ3) is 3.64. The fourth-order valence-electron chi connectivity index (χ4n) is 5.44. The van der Waals surface area contributed by atoms with Gasteiger partial charge in [-0.1, -0.05) is 60.7 Å². The highest BCUT2D eigenvalue weighted by Crippen LogP contribution is 2.43. The summed E-state index contributed by atoms with van der Waals surface area (Å²) < 4.78 is 0. The van der Waals surface area contributed by atoms with Crippen LogP contribution in [0.25, 0.3) is 0 Å². The van der Waals surface area contributed by atoms with Crippen LogP contribution in [0, 0.1) is 28.6 Å². The van der Waals surface area contributed by atoms with E-state index in [0.717, 1.165) is 15.4 Å². The predicted molar refractivity (Wildman–Crippen MR) is 124 cm³/mol. The number of hydrogen-bond donors (Lipinski definition) is 0. The summed E-state index contributed by atoms with van der Waals surface area (Å²) in [6.07, 6.45) is -0.155. The van der Waals surface area contributed by atoms with Gasteiger partial charge < -0.3 is 9.80 Å². The minimum absolute atomic E-state index is 0.0182. The number of rotatable bonds is 5. The number of hydrogen-bond acceptors (Lipinski definition) is 6. The van der Waals surface area contributed by atoms with Gasteiger partial charge in [0.1, 0.15) is 12.6 Å². The van der Waals surface area contributed by atoms with Crippen molar-refractivity contribution in [1.29, 1.82) is 10.5 Å². The van der Waals surface area contributed by atoms with E-state index < -0.39 is 47.9 Å². The minimum atomic E-state index is -1.17. The van der Waals surface area contributed by atoms with Gasteiger partial charge in [-0.15, -0.1) is 0 Å². The molecule has 2 aromatic rings. The van der Waals surface area contributed by atoms with Gasteiger partial charge in [-0.25, -0.2) is 9.59 Å². The van der Waals surface area contributed by atoms with Gasteiger partial charge >= 0.3 is 12.1 Å². The van der Waals surface area contributed by atoms with Gasteiger partial charge in [0.2, 0.25) is 11.8 Å². The molecule has 10 heteroatoms. The van der Waals surface area contributed by atoms with Crippen LogP contribution in [0.15, 0.2) is 60.7 Å². The maximum Gasteiger partial charge on any atom is 0.328 e. The molecule has 3 saturated heterocycles. The van der Waals surface area contributed by atoms with Crippen LogP contribution in [0.1, 0.15) is 17.5 Å². The highest BCUT2D eigenvalue weighted by Gasteiger charge is 2.64. The lowest BCUT2D eigenvalue weighted by molar-refractivity contribution is -0.140. The molecule has 0 aromatic heterocycles. The van der Waals surface area contributed by atoms with Crippen LogP contribution in [-0.4, -0.2) is 68.1 Å². The molecule has 3 heterocycles.